The molecule has 0 aliphatic heterocycles. The number of anilines is 1. The highest BCUT2D eigenvalue weighted by atomic mass is 32.1. The maximum absolute atomic E-state index is 12.5. The zero-order valence-corrected chi connectivity index (χ0v) is 18.1. The van der Waals surface area contributed by atoms with Gasteiger partial charge in [-0.2, -0.15) is 0 Å². The van der Waals surface area contributed by atoms with Crippen LogP contribution in [0.1, 0.15) is 21.6 Å². The average Bonchev–Trinajstić information content (AvgIpc) is 3.30. The van der Waals surface area contributed by atoms with Gasteiger partial charge in [0.2, 0.25) is 0 Å². The monoisotopic (exact) mass is 430 g/mol. The zero-order chi connectivity index (χ0) is 21.6. The van der Waals surface area contributed by atoms with Crippen LogP contribution in [-0.4, -0.2) is 18.0 Å². The van der Waals surface area contributed by atoms with E-state index < -0.39 is 0 Å². The fourth-order valence-corrected chi connectivity index (χ4v) is 3.77. The predicted octanol–water partition coefficient (Wildman–Crippen LogP) is 5.96. The van der Waals surface area contributed by atoms with Crippen LogP contribution in [0, 0.1) is 6.92 Å². The second kappa shape index (κ2) is 9.45. The van der Waals surface area contributed by atoms with Crippen LogP contribution in [0.2, 0.25) is 0 Å². The highest BCUT2D eigenvalue weighted by molar-refractivity contribution is 7.13. The standard InChI is InChI=1S/C25H22N2O3S/c1-17-6-10-20(11-7-17)26-24(28)23-16-31-25(27-23)19-8-12-21(13-9-19)30-15-18-4-3-5-22(14-18)29-2/h3-14,16H,15H2,1-2H3,(H,26,28). The summed E-state index contributed by atoms with van der Waals surface area (Å²) >= 11 is 1.44. The molecule has 1 N–H and O–H groups in total. The van der Waals surface area contributed by atoms with Crippen LogP contribution in [0.4, 0.5) is 5.69 Å². The third kappa shape index (κ3) is 5.29. The number of aromatic nitrogens is 1. The van der Waals surface area contributed by atoms with Gasteiger partial charge in [0.1, 0.15) is 28.8 Å². The van der Waals surface area contributed by atoms with E-state index >= 15 is 0 Å². The molecule has 0 atom stereocenters. The first-order valence-corrected chi connectivity index (χ1v) is 10.7. The Balaban J connectivity index is 1.38. The Labute approximate surface area is 185 Å². The van der Waals surface area contributed by atoms with Crippen LogP contribution in [0.3, 0.4) is 0 Å². The number of benzene rings is 3. The topological polar surface area (TPSA) is 60.5 Å². The minimum atomic E-state index is -0.218. The van der Waals surface area contributed by atoms with Crippen LogP contribution in [0.25, 0.3) is 10.6 Å². The average molecular weight is 431 g/mol. The molecule has 31 heavy (non-hydrogen) atoms. The van der Waals surface area contributed by atoms with Gasteiger partial charge in [0, 0.05) is 16.6 Å². The van der Waals surface area contributed by atoms with Crippen molar-refractivity contribution in [1.29, 1.82) is 0 Å². The number of methoxy groups -OCH3 is 1. The van der Waals surface area contributed by atoms with Gasteiger partial charge in [0.15, 0.2) is 0 Å². The number of aryl methyl sites for hydroxylation is 1. The molecule has 6 heteroatoms. The van der Waals surface area contributed by atoms with Gasteiger partial charge in [0.25, 0.3) is 5.91 Å². The SMILES string of the molecule is COc1cccc(COc2ccc(-c3nc(C(=O)Nc4ccc(C)cc4)cs3)cc2)c1. The molecule has 156 valence electrons. The van der Waals surface area contributed by atoms with Gasteiger partial charge in [-0.15, -0.1) is 11.3 Å². The van der Waals surface area contributed by atoms with E-state index in [2.05, 4.69) is 10.3 Å². The Bertz CT molecular complexity index is 1170. The van der Waals surface area contributed by atoms with E-state index in [1.54, 1.807) is 12.5 Å². The number of ether oxygens (including phenoxy) is 2. The molecule has 1 amide bonds. The molecular formula is C25H22N2O3S. The van der Waals surface area contributed by atoms with E-state index in [1.165, 1.54) is 11.3 Å². The van der Waals surface area contributed by atoms with Gasteiger partial charge in [0.05, 0.1) is 7.11 Å². The molecule has 0 saturated heterocycles. The number of nitrogens with one attached hydrogen (secondary N) is 1. The highest BCUT2D eigenvalue weighted by Crippen LogP contribution is 2.26. The molecule has 0 spiro atoms. The molecule has 0 aliphatic rings. The van der Waals surface area contributed by atoms with E-state index in [-0.39, 0.29) is 5.91 Å². The number of hydrogen-bond donors (Lipinski definition) is 1. The number of nitrogens with zero attached hydrogens (tertiary/aromatic N) is 1. The fourth-order valence-electron chi connectivity index (χ4n) is 2.97. The van der Waals surface area contributed by atoms with Gasteiger partial charge in [-0.05, 0) is 61.0 Å². The van der Waals surface area contributed by atoms with E-state index in [0.717, 1.165) is 38.9 Å². The summed E-state index contributed by atoms with van der Waals surface area (Å²) in [5, 5.41) is 5.43. The van der Waals surface area contributed by atoms with Crippen molar-refractivity contribution in [1.82, 2.24) is 4.98 Å². The number of rotatable bonds is 7. The van der Waals surface area contributed by atoms with Crippen molar-refractivity contribution in [3.63, 3.8) is 0 Å². The Hall–Kier alpha value is -3.64. The van der Waals surface area contributed by atoms with Gasteiger partial charge >= 0.3 is 0 Å². The Morgan fingerprint density at radius 2 is 1.77 bits per heavy atom. The zero-order valence-electron chi connectivity index (χ0n) is 17.3. The molecule has 0 radical (unpaired) electrons. The molecule has 4 aromatic rings. The molecule has 4 rings (SSSR count). The molecule has 1 heterocycles. The first-order valence-electron chi connectivity index (χ1n) is 9.80. The van der Waals surface area contributed by atoms with Crippen LogP contribution >= 0.6 is 11.3 Å². The van der Waals surface area contributed by atoms with Crippen molar-refractivity contribution in [3.05, 3.63) is 95.0 Å². The van der Waals surface area contributed by atoms with E-state index in [0.29, 0.717) is 12.3 Å². The summed E-state index contributed by atoms with van der Waals surface area (Å²) in [6.45, 7) is 2.46. The molecule has 3 aromatic carbocycles. The number of carbonyl (C=O) groups excluding carboxylic acids is 1. The maximum atomic E-state index is 12.5. The van der Waals surface area contributed by atoms with Crippen LogP contribution < -0.4 is 14.8 Å². The van der Waals surface area contributed by atoms with Crippen LogP contribution in [0.5, 0.6) is 11.5 Å². The molecule has 0 bridgehead atoms. The van der Waals surface area contributed by atoms with Crippen molar-refractivity contribution in [2.24, 2.45) is 0 Å². The number of carbonyl (C=O) groups is 1. The van der Waals surface area contributed by atoms with Crippen molar-refractivity contribution in [3.8, 4) is 22.1 Å². The van der Waals surface area contributed by atoms with E-state index in [4.69, 9.17) is 9.47 Å². The predicted molar refractivity (Wildman–Crippen MR) is 124 cm³/mol. The highest BCUT2D eigenvalue weighted by Gasteiger charge is 2.12. The first-order chi connectivity index (χ1) is 15.1. The third-order valence-corrected chi connectivity index (χ3v) is 5.58. The fraction of sp³-hybridized carbons (Fsp3) is 0.120. The molecule has 0 unspecified atom stereocenters. The normalized spacial score (nSPS) is 10.5. The van der Waals surface area contributed by atoms with Crippen molar-refractivity contribution >= 4 is 22.9 Å². The quantitative estimate of drug-likeness (QED) is 0.393. The number of hydrogen-bond acceptors (Lipinski definition) is 5. The Morgan fingerprint density at radius 3 is 2.52 bits per heavy atom. The van der Waals surface area contributed by atoms with E-state index in [1.807, 2.05) is 79.7 Å². The smallest absolute Gasteiger partial charge is 0.275 e. The minimum Gasteiger partial charge on any atom is -0.497 e. The lowest BCUT2D eigenvalue weighted by Crippen LogP contribution is -2.12. The third-order valence-electron chi connectivity index (χ3n) is 4.69. The minimum absolute atomic E-state index is 0.218. The second-order valence-corrected chi connectivity index (χ2v) is 7.88. The summed E-state index contributed by atoms with van der Waals surface area (Å²) in [5.74, 6) is 1.35. The molecule has 0 saturated carbocycles. The van der Waals surface area contributed by atoms with Crippen LogP contribution in [-0.2, 0) is 6.61 Å². The van der Waals surface area contributed by atoms with Gasteiger partial charge in [-0.25, -0.2) is 4.98 Å². The van der Waals surface area contributed by atoms with Crippen LogP contribution in [0.15, 0.2) is 78.2 Å². The Kier molecular flexibility index (Phi) is 6.29. The summed E-state index contributed by atoms with van der Waals surface area (Å²) in [7, 11) is 1.65. The van der Waals surface area contributed by atoms with Gasteiger partial charge < -0.3 is 14.8 Å². The number of amides is 1. The molecular weight excluding hydrogens is 408 g/mol. The van der Waals surface area contributed by atoms with Gasteiger partial charge in [-0.3, -0.25) is 4.79 Å². The molecule has 1 aromatic heterocycles. The molecule has 5 nitrogen and oxygen atoms in total. The summed E-state index contributed by atoms with van der Waals surface area (Å²) in [5.41, 5.74) is 4.27. The van der Waals surface area contributed by atoms with Crippen molar-refractivity contribution < 1.29 is 14.3 Å². The number of thiazole rings is 1. The summed E-state index contributed by atoms with van der Waals surface area (Å²) in [6.07, 6.45) is 0. The lowest BCUT2D eigenvalue weighted by Gasteiger charge is -2.08. The van der Waals surface area contributed by atoms with Gasteiger partial charge in [-0.1, -0.05) is 29.8 Å². The summed E-state index contributed by atoms with van der Waals surface area (Å²) in [6, 6.07) is 23.2. The molecule has 0 aliphatic carbocycles. The lowest BCUT2D eigenvalue weighted by molar-refractivity contribution is 0.102. The summed E-state index contributed by atoms with van der Waals surface area (Å²) in [4.78, 5) is 17.0. The first kappa shape index (κ1) is 20.6. The second-order valence-electron chi connectivity index (χ2n) is 7.02. The lowest BCUT2D eigenvalue weighted by atomic mass is 10.2. The van der Waals surface area contributed by atoms with Crippen molar-refractivity contribution in [2.45, 2.75) is 13.5 Å². The maximum Gasteiger partial charge on any atom is 0.275 e. The largest absolute Gasteiger partial charge is 0.497 e. The van der Waals surface area contributed by atoms with E-state index in [9.17, 15) is 4.79 Å². The molecule has 0 fully saturated rings. The summed E-state index contributed by atoms with van der Waals surface area (Å²) < 4.78 is 11.1. The Morgan fingerprint density at radius 1 is 1.00 bits per heavy atom. The van der Waals surface area contributed by atoms with Crippen molar-refractivity contribution in [2.75, 3.05) is 12.4 Å².